The minimum atomic E-state index is -3.77. The van der Waals surface area contributed by atoms with Crippen molar-refractivity contribution in [3.05, 3.63) is 83.9 Å². The lowest BCUT2D eigenvalue weighted by atomic mass is 10.00. The Labute approximate surface area is 182 Å². The molecule has 6 nitrogen and oxygen atoms in total. The lowest BCUT2D eigenvalue weighted by Crippen LogP contribution is -2.35. The standard InChI is InChI=1S/C24H24N2O4S/c1-2-30-21-12-14-22(15-13-21)31(28,29)25-20-11-10-18-9-6-16-26(23(18)17-20)24(27)19-7-4-3-5-8-19/h3-5,7-8,10-15,17,25H,2,6,9,16H2,1H3. The summed E-state index contributed by atoms with van der Waals surface area (Å²) in [6, 6.07) is 20.8. The van der Waals surface area contributed by atoms with Crippen LogP contribution in [-0.2, 0) is 16.4 Å². The summed E-state index contributed by atoms with van der Waals surface area (Å²) >= 11 is 0. The molecule has 1 heterocycles. The third-order valence-corrected chi connectivity index (χ3v) is 6.56. The van der Waals surface area contributed by atoms with Gasteiger partial charge in [-0.2, -0.15) is 0 Å². The molecule has 1 amide bonds. The summed E-state index contributed by atoms with van der Waals surface area (Å²) in [5.41, 5.74) is 2.79. The Morgan fingerprint density at radius 3 is 2.48 bits per heavy atom. The van der Waals surface area contributed by atoms with Crippen LogP contribution in [-0.4, -0.2) is 27.5 Å². The Balaban J connectivity index is 1.60. The quantitative estimate of drug-likeness (QED) is 0.618. The van der Waals surface area contributed by atoms with Gasteiger partial charge in [0.2, 0.25) is 0 Å². The van der Waals surface area contributed by atoms with Gasteiger partial charge in [-0.15, -0.1) is 0 Å². The van der Waals surface area contributed by atoms with Gasteiger partial charge in [0, 0.05) is 17.8 Å². The normalized spacial score (nSPS) is 13.4. The number of sulfonamides is 1. The zero-order valence-electron chi connectivity index (χ0n) is 17.2. The van der Waals surface area contributed by atoms with Gasteiger partial charge in [-0.05, 0) is 73.9 Å². The van der Waals surface area contributed by atoms with Gasteiger partial charge in [-0.1, -0.05) is 24.3 Å². The molecule has 0 radical (unpaired) electrons. The third kappa shape index (κ3) is 4.56. The van der Waals surface area contributed by atoms with Gasteiger partial charge in [0.1, 0.15) is 5.75 Å². The van der Waals surface area contributed by atoms with Crippen LogP contribution in [0.15, 0.2) is 77.7 Å². The highest BCUT2D eigenvalue weighted by Gasteiger charge is 2.24. The molecule has 0 aromatic heterocycles. The van der Waals surface area contributed by atoms with Gasteiger partial charge < -0.3 is 9.64 Å². The number of ether oxygens (including phenoxy) is 1. The first-order valence-corrected chi connectivity index (χ1v) is 11.7. The Hall–Kier alpha value is -3.32. The number of fused-ring (bicyclic) bond motifs is 1. The van der Waals surface area contributed by atoms with E-state index in [2.05, 4.69) is 4.72 Å². The van der Waals surface area contributed by atoms with E-state index in [1.54, 1.807) is 41.3 Å². The fraction of sp³-hybridized carbons (Fsp3) is 0.208. The van der Waals surface area contributed by atoms with Gasteiger partial charge in [-0.25, -0.2) is 8.42 Å². The number of carbonyl (C=O) groups excluding carboxylic acids is 1. The molecular formula is C24H24N2O4S. The molecule has 31 heavy (non-hydrogen) atoms. The number of rotatable bonds is 6. The lowest BCUT2D eigenvalue weighted by molar-refractivity contribution is 0.0985. The second-order valence-corrected chi connectivity index (χ2v) is 8.96. The molecule has 4 rings (SSSR count). The highest BCUT2D eigenvalue weighted by Crippen LogP contribution is 2.32. The van der Waals surface area contributed by atoms with Gasteiger partial charge in [-0.3, -0.25) is 9.52 Å². The molecule has 7 heteroatoms. The van der Waals surface area contributed by atoms with E-state index in [-0.39, 0.29) is 10.8 Å². The zero-order chi connectivity index (χ0) is 21.8. The van der Waals surface area contributed by atoms with Crippen molar-refractivity contribution < 1.29 is 17.9 Å². The molecular weight excluding hydrogens is 412 g/mol. The first-order chi connectivity index (χ1) is 15.0. The summed E-state index contributed by atoms with van der Waals surface area (Å²) in [5, 5.41) is 0. The van der Waals surface area contributed by atoms with E-state index in [4.69, 9.17) is 4.74 Å². The number of hydrogen-bond acceptors (Lipinski definition) is 4. The second kappa shape index (κ2) is 8.81. The average molecular weight is 437 g/mol. The summed E-state index contributed by atoms with van der Waals surface area (Å²) in [6.07, 6.45) is 1.71. The largest absolute Gasteiger partial charge is 0.494 e. The average Bonchev–Trinajstić information content (AvgIpc) is 2.79. The van der Waals surface area contributed by atoms with Crippen molar-refractivity contribution in [3.63, 3.8) is 0 Å². The number of aryl methyl sites for hydroxylation is 1. The molecule has 0 atom stereocenters. The molecule has 1 aliphatic heterocycles. The summed E-state index contributed by atoms with van der Waals surface area (Å²) in [7, 11) is -3.77. The van der Waals surface area contributed by atoms with E-state index in [1.165, 1.54) is 12.1 Å². The number of nitrogens with zero attached hydrogens (tertiary/aromatic N) is 1. The maximum absolute atomic E-state index is 13.0. The Kier molecular flexibility index (Phi) is 5.95. The SMILES string of the molecule is CCOc1ccc(S(=O)(=O)Nc2ccc3c(c2)N(C(=O)c2ccccc2)CCC3)cc1. The first kappa shape index (κ1) is 20.9. The van der Waals surface area contributed by atoms with E-state index in [9.17, 15) is 13.2 Å². The van der Waals surface area contributed by atoms with Crippen LogP contribution in [0.3, 0.4) is 0 Å². The smallest absolute Gasteiger partial charge is 0.261 e. The summed E-state index contributed by atoms with van der Waals surface area (Å²) in [6.45, 7) is 2.97. The monoisotopic (exact) mass is 436 g/mol. The van der Waals surface area contributed by atoms with Crippen molar-refractivity contribution in [1.29, 1.82) is 0 Å². The zero-order valence-corrected chi connectivity index (χ0v) is 18.1. The number of nitrogens with one attached hydrogen (secondary N) is 1. The molecule has 3 aromatic carbocycles. The molecule has 0 unspecified atom stereocenters. The van der Waals surface area contributed by atoms with Crippen molar-refractivity contribution in [2.45, 2.75) is 24.7 Å². The topological polar surface area (TPSA) is 75.7 Å². The van der Waals surface area contributed by atoms with Crippen LogP contribution in [0.25, 0.3) is 0 Å². The van der Waals surface area contributed by atoms with E-state index in [0.717, 1.165) is 24.1 Å². The molecule has 0 aliphatic carbocycles. The molecule has 0 spiro atoms. The highest BCUT2D eigenvalue weighted by atomic mass is 32.2. The van der Waals surface area contributed by atoms with E-state index in [0.29, 0.717) is 30.2 Å². The molecule has 0 saturated carbocycles. The Bertz CT molecular complexity index is 1180. The van der Waals surface area contributed by atoms with Crippen LogP contribution in [0.2, 0.25) is 0 Å². The maximum Gasteiger partial charge on any atom is 0.261 e. The molecule has 0 saturated heterocycles. The number of benzene rings is 3. The van der Waals surface area contributed by atoms with Crippen molar-refractivity contribution >= 4 is 27.3 Å². The predicted molar refractivity (Wildman–Crippen MR) is 121 cm³/mol. The Morgan fingerprint density at radius 1 is 1.03 bits per heavy atom. The summed E-state index contributed by atoms with van der Waals surface area (Å²) in [4.78, 5) is 14.9. The van der Waals surface area contributed by atoms with Gasteiger partial charge in [0.25, 0.3) is 15.9 Å². The molecule has 160 valence electrons. The molecule has 0 fully saturated rings. The van der Waals surface area contributed by atoms with Crippen LogP contribution >= 0.6 is 0 Å². The fourth-order valence-electron chi connectivity index (χ4n) is 3.68. The predicted octanol–water partition coefficient (Wildman–Crippen LogP) is 4.48. The van der Waals surface area contributed by atoms with Gasteiger partial charge in [0.15, 0.2) is 0 Å². The number of anilines is 2. The van der Waals surface area contributed by atoms with Crippen LogP contribution in [0.4, 0.5) is 11.4 Å². The van der Waals surface area contributed by atoms with Gasteiger partial charge >= 0.3 is 0 Å². The third-order valence-electron chi connectivity index (χ3n) is 5.17. The molecule has 0 bridgehead atoms. The molecule has 1 aliphatic rings. The second-order valence-electron chi connectivity index (χ2n) is 7.28. The van der Waals surface area contributed by atoms with Crippen molar-refractivity contribution in [3.8, 4) is 5.75 Å². The van der Waals surface area contributed by atoms with Crippen LogP contribution < -0.4 is 14.4 Å². The van der Waals surface area contributed by atoms with Crippen LogP contribution in [0.1, 0.15) is 29.3 Å². The number of carbonyl (C=O) groups is 1. The molecule has 1 N–H and O–H groups in total. The lowest BCUT2D eigenvalue weighted by Gasteiger charge is -2.30. The maximum atomic E-state index is 13.0. The van der Waals surface area contributed by atoms with Crippen molar-refractivity contribution in [2.24, 2.45) is 0 Å². The number of amides is 1. The summed E-state index contributed by atoms with van der Waals surface area (Å²) in [5.74, 6) is 0.526. The van der Waals surface area contributed by atoms with E-state index < -0.39 is 10.0 Å². The van der Waals surface area contributed by atoms with Crippen LogP contribution in [0.5, 0.6) is 5.75 Å². The van der Waals surface area contributed by atoms with Crippen molar-refractivity contribution in [1.82, 2.24) is 0 Å². The summed E-state index contributed by atoms with van der Waals surface area (Å²) < 4.78 is 33.7. The minimum Gasteiger partial charge on any atom is -0.494 e. The Morgan fingerprint density at radius 2 is 1.77 bits per heavy atom. The van der Waals surface area contributed by atoms with Crippen molar-refractivity contribution in [2.75, 3.05) is 22.8 Å². The molecule has 3 aromatic rings. The fourth-order valence-corrected chi connectivity index (χ4v) is 4.73. The highest BCUT2D eigenvalue weighted by molar-refractivity contribution is 7.92. The van der Waals surface area contributed by atoms with Gasteiger partial charge in [0.05, 0.1) is 17.2 Å². The van der Waals surface area contributed by atoms with Crippen LogP contribution in [0, 0.1) is 0 Å². The minimum absolute atomic E-state index is 0.0897. The van der Waals surface area contributed by atoms with E-state index in [1.807, 2.05) is 31.2 Å². The number of hydrogen-bond donors (Lipinski definition) is 1. The van der Waals surface area contributed by atoms with E-state index >= 15 is 0 Å². The first-order valence-electron chi connectivity index (χ1n) is 10.2.